The first-order chi connectivity index (χ1) is 8.93. The van der Waals surface area contributed by atoms with Crippen molar-refractivity contribution in [2.75, 3.05) is 11.1 Å². The summed E-state index contributed by atoms with van der Waals surface area (Å²) in [5, 5.41) is 10.7. The zero-order valence-electron chi connectivity index (χ0n) is 10.2. The Kier molecular flexibility index (Phi) is 6.11. The summed E-state index contributed by atoms with van der Waals surface area (Å²) < 4.78 is 12.9. The van der Waals surface area contributed by atoms with Crippen LogP contribution in [0.1, 0.15) is 13.3 Å². The molecule has 2 N–H and O–H groups in total. The van der Waals surface area contributed by atoms with E-state index in [4.69, 9.17) is 16.7 Å². The van der Waals surface area contributed by atoms with Gasteiger partial charge >= 0.3 is 5.97 Å². The molecule has 0 spiro atoms. The Morgan fingerprint density at radius 3 is 2.74 bits per heavy atom. The third-order valence-corrected chi connectivity index (χ3v) is 3.92. The van der Waals surface area contributed by atoms with E-state index in [1.54, 1.807) is 6.92 Å². The minimum atomic E-state index is -0.940. The van der Waals surface area contributed by atoms with Crippen LogP contribution in [0.4, 0.5) is 10.1 Å². The standard InChI is InChI=1S/C12H13ClFNO3S/c1-2-10(12(17)18)19-6-11(16)15-7-3-4-9(14)8(13)5-7/h3-5,10H,2,6H2,1H3,(H,15,16)(H,17,18). The lowest BCUT2D eigenvalue weighted by molar-refractivity contribution is -0.136. The van der Waals surface area contributed by atoms with Crippen molar-refractivity contribution in [1.29, 1.82) is 0 Å². The molecule has 1 aromatic carbocycles. The summed E-state index contributed by atoms with van der Waals surface area (Å²) in [4.78, 5) is 22.4. The lowest BCUT2D eigenvalue weighted by atomic mass is 10.3. The van der Waals surface area contributed by atoms with Gasteiger partial charge in [0, 0.05) is 5.69 Å². The van der Waals surface area contributed by atoms with Gasteiger partial charge in [-0.3, -0.25) is 9.59 Å². The highest BCUT2D eigenvalue weighted by molar-refractivity contribution is 8.01. The quantitative estimate of drug-likeness (QED) is 0.848. The van der Waals surface area contributed by atoms with E-state index in [1.807, 2.05) is 0 Å². The molecule has 1 amide bonds. The van der Waals surface area contributed by atoms with Crippen LogP contribution in [-0.2, 0) is 9.59 Å². The van der Waals surface area contributed by atoms with E-state index in [2.05, 4.69) is 5.32 Å². The third-order valence-electron chi connectivity index (χ3n) is 2.27. The van der Waals surface area contributed by atoms with Crippen LogP contribution in [-0.4, -0.2) is 28.0 Å². The monoisotopic (exact) mass is 305 g/mol. The number of anilines is 1. The number of carbonyl (C=O) groups is 2. The Hall–Kier alpha value is -1.27. The molecule has 0 radical (unpaired) electrons. The molecule has 1 rings (SSSR count). The summed E-state index contributed by atoms with van der Waals surface area (Å²) in [5.41, 5.74) is 0.375. The maximum Gasteiger partial charge on any atom is 0.316 e. The highest BCUT2D eigenvalue weighted by Gasteiger charge is 2.17. The molecule has 1 atom stereocenters. The van der Waals surface area contributed by atoms with Gasteiger partial charge < -0.3 is 10.4 Å². The number of carbonyl (C=O) groups excluding carboxylic acids is 1. The molecule has 19 heavy (non-hydrogen) atoms. The zero-order chi connectivity index (χ0) is 14.4. The van der Waals surface area contributed by atoms with E-state index in [1.165, 1.54) is 12.1 Å². The van der Waals surface area contributed by atoms with Crippen molar-refractivity contribution >= 4 is 40.9 Å². The van der Waals surface area contributed by atoms with E-state index < -0.39 is 17.0 Å². The minimum absolute atomic E-state index is 0.0137. The van der Waals surface area contributed by atoms with Crippen molar-refractivity contribution in [2.45, 2.75) is 18.6 Å². The number of benzene rings is 1. The van der Waals surface area contributed by atoms with Crippen molar-refractivity contribution in [3.63, 3.8) is 0 Å². The Labute approximate surface area is 119 Å². The highest BCUT2D eigenvalue weighted by atomic mass is 35.5. The minimum Gasteiger partial charge on any atom is -0.480 e. The molecule has 4 nitrogen and oxygen atoms in total. The zero-order valence-corrected chi connectivity index (χ0v) is 11.7. The maximum absolute atomic E-state index is 12.9. The average Bonchev–Trinajstić information content (AvgIpc) is 2.34. The van der Waals surface area contributed by atoms with Crippen molar-refractivity contribution in [1.82, 2.24) is 0 Å². The molecular formula is C12H13ClFNO3S. The van der Waals surface area contributed by atoms with Crippen LogP contribution >= 0.6 is 23.4 Å². The third kappa shape index (κ3) is 5.08. The Morgan fingerprint density at radius 1 is 1.53 bits per heavy atom. The number of carboxylic acids is 1. The summed E-state index contributed by atoms with van der Waals surface area (Å²) in [7, 11) is 0. The molecule has 0 aliphatic heterocycles. The van der Waals surface area contributed by atoms with Crippen LogP contribution in [0, 0.1) is 5.82 Å². The maximum atomic E-state index is 12.9. The number of thioether (sulfide) groups is 1. The fraction of sp³-hybridized carbons (Fsp3) is 0.333. The second-order valence-corrected chi connectivity index (χ2v) is 5.32. The summed E-state index contributed by atoms with van der Waals surface area (Å²) in [6.45, 7) is 1.74. The van der Waals surface area contributed by atoms with Crippen LogP contribution in [0.25, 0.3) is 0 Å². The summed E-state index contributed by atoms with van der Waals surface area (Å²) in [5.74, 6) is -1.84. The number of amides is 1. The SMILES string of the molecule is CCC(SCC(=O)Nc1ccc(F)c(Cl)c1)C(=O)O. The van der Waals surface area contributed by atoms with Crippen molar-refractivity contribution in [2.24, 2.45) is 0 Å². The molecule has 0 aromatic heterocycles. The lowest BCUT2D eigenvalue weighted by Crippen LogP contribution is -2.20. The first kappa shape index (κ1) is 15.8. The van der Waals surface area contributed by atoms with Crippen LogP contribution in [0.15, 0.2) is 18.2 Å². The number of hydrogen-bond donors (Lipinski definition) is 2. The molecule has 0 aliphatic rings. The molecule has 1 unspecified atom stereocenters. The molecule has 0 heterocycles. The van der Waals surface area contributed by atoms with Gasteiger partial charge in [0.2, 0.25) is 5.91 Å². The van der Waals surface area contributed by atoms with Crippen LogP contribution in [0.5, 0.6) is 0 Å². The Balaban J connectivity index is 2.51. The summed E-state index contributed by atoms with van der Waals surface area (Å²) >= 11 is 6.63. The second-order valence-electron chi connectivity index (χ2n) is 3.72. The highest BCUT2D eigenvalue weighted by Crippen LogP contribution is 2.20. The average molecular weight is 306 g/mol. The van der Waals surface area contributed by atoms with Crippen molar-refractivity contribution < 1.29 is 19.1 Å². The van der Waals surface area contributed by atoms with E-state index in [9.17, 15) is 14.0 Å². The number of halogens is 2. The fourth-order valence-electron chi connectivity index (χ4n) is 1.31. The van der Waals surface area contributed by atoms with E-state index in [0.29, 0.717) is 12.1 Å². The molecule has 1 aromatic rings. The van der Waals surface area contributed by atoms with Crippen LogP contribution in [0.2, 0.25) is 5.02 Å². The van der Waals surface area contributed by atoms with E-state index in [0.717, 1.165) is 17.8 Å². The summed E-state index contributed by atoms with van der Waals surface area (Å²) in [6.07, 6.45) is 0.440. The van der Waals surface area contributed by atoms with Gasteiger partial charge in [0.15, 0.2) is 0 Å². The van der Waals surface area contributed by atoms with Crippen molar-refractivity contribution in [3.05, 3.63) is 29.0 Å². The number of carboxylic acid groups (broad SMARTS) is 1. The number of rotatable bonds is 6. The molecule has 0 saturated heterocycles. The van der Waals surface area contributed by atoms with E-state index in [-0.39, 0.29) is 16.7 Å². The largest absolute Gasteiger partial charge is 0.480 e. The Bertz CT molecular complexity index is 484. The van der Waals surface area contributed by atoms with Gasteiger partial charge in [-0.1, -0.05) is 18.5 Å². The molecule has 104 valence electrons. The molecule has 7 heteroatoms. The van der Waals surface area contributed by atoms with Gasteiger partial charge in [0.05, 0.1) is 10.8 Å². The second kappa shape index (κ2) is 7.35. The molecule has 0 aliphatic carbocycles. The van der Waals surface area contributed by atoms with Gasteiger partial charge in [-0.2, -0.15) is 0 Å². The smallest absolute Gasteiger partial charge is 0.316 e. The number of nitrogens with one attached hydrogen (secondary N) is 1. The number of aliphatic carboxylic acids is 1. The first-order valence-electron chi connectivity index (χ1n) is 5.53. The van der Waals surface area contributed by atoms with Crippen LogP contribution < -0.4 is 5.32 Å². The topological polar surface area (TPSA) is 66.4 Å². The van der Waals surface area contributed by atoms with Crippen LogP contribution in [0.3, 0.4) is 0 Å². The molecule has 0 bridgehead atoms. The van der Waals surface area contributed by atoms with Gasteiger partial charge in [0.1, 0.15) is 11.1 Å². The van der Waals surface area contributed by atoms with Gasteiger partial charge in [0.25, 0.3) is 0 Å². The Morgan fingerprint density at radius 2 is 2.21 bits per heavy atom. The first-order valence-corrected chi connectivity index (χ1v) is 6.96. The summed E-state index contributed by atoms with van der Waals surface area (Å²) in [6, 6.07) is 3.84. The molecule has 0 saturated carbocycles. The predicted octanol–water partition coefficient (Wildman–Crippen LogP) is 3.01. The van der Waals surface area contributed by atoms with Gasteiger partial charge in [-0.15, -0.1) is 11.8 Å². The van der Waals surface area contributed by atoms with E-state index >= 15 is 0 Å². The van der Waals surface area contributed by atoms with Crippen molar-refractivity contribution in [3.8, 4) is 0 Å². The van der Waals surface area contributed by atoms with Gasteiger partial charge in [-0.05, 0) is 24.6 Å². The fourth-order valence-corrected chi connectivity index (χ4v) is 2.29. The predicted molar refractivity (Wildman–Crippen MR) is 74.2 cm³/mol. The lowest BCUT2D eigenvalue weighted by Gasteiger charge is -2.09. The normalized spacial score (nSPS) is 11.9. The molecular weight excluding hydrogens is 293 g/mol. The molecule has 0 fully saturated rings. The number of hydrogen-bond acceptors (Lipinski definition) is 3. The van der Waals surface area contributed by atoms with Gasteiger partial charge in [-0.25, -0.2) is 4.39 Å².